The molecule has 4 rings (SSSR count). The molecule has 9 nitrogen and oxygen atoms in total. The number of rotatable bonds is 4. The average Bonchev–Trinajstić information content (AvgIpc) is 3.32. The van der Waals surface area contributed by atoms with Crippen LogP contribution in [0.5, 0.6) is 5.75 Å². The average molecular weight is 463 g/mol. The Morgan fingerprint density at radius 1 is 1.15 bits per heavy atom. The third-order valence-electron chi connectivity index (χ3n) is 5.44. The van der Waals surface area contributed by atoms with E-state index in [-0.39, 0.29) is 18.3 Å². The molecule has 1 atom stereocenters. The summed E-state index contributed by atoms with van der Waals surface area (Å²) in [5, 5.41) is 13.1. The SMILES string of the molecule is COC(=O)N1c2ccc(-c3cnn(CCC#N)c3)cc2N(C(=O)Oc2ccc(F)cc2)C[C@@H]1C. The predicted octanol–water partition coefficient (Wildman–Crippen LogP) is 4.58. The van der Waals surface area contributed by atoms with Crippen LogP contribution in [0.1, 0.15) is 13.3 Å². The number of amides is 2. The summed E-state index contributed by atoms with van der Waals surface area (Å²) < 4.78 is 25.3. The first kappa shape index (κ1) is 22.8. The number of anilines is 2. The summed E-state index contributed by atoms with van der Waals surface area (Å²) in [6, 6.07) is 12.2. The van der Waals surface area contributed by atoms with Gasteiger partial charge in [0.05, 0.1) is 56.3 Å². The largest absolute Gasteiger partial charge is 0.452 e. The van der Waals surface area contributed by atoms with E-state index in [0.717, 1.165) is 11.1 Å². The van der Waals surface area contributed by atoms with Crippen molar-refractivity contribution in [2.75, 3.05) is 23.5 Å². The Balaban J connectivity index is 1.71. The lowest BCUT2D eigenvalue weighted by atomic mass is 10.0. The molecule has 2 amide bonds. The van der Waals surface area contributed by atoms with Gasteiger partial charge in [-0.1, -0.05) is 6.07 Å². The number of halogens is 1. The minimum atomic E-state index is -0.661. The summed E-state index contributed by atoms with van der Waals surface area (Å²) in [4.78, 5) is 28.5. The summed E-state index contributed by atoms with van der Waals surface area (Å²) in [5.41, 5.74) is 2.50. The van der Waals surface area contributed by atoms with Crippen LogP contribution in [0.2, 0.25) is 0 Å². The van der Waals surface area contributed by atoms with Crippen LogP contribution in [0.4, 0.5) is 25.4 Å². The van der Waals surface area contributed by atoms with Crippen molar-refractivity contribution in [2.24, 2.45) is 0 Å². The molecule has 0 saturated heterocycles. The number of nitrogens with zero attached hydrogens (tertiary/aromatic N) is 5. The number of ether oxygens (including phenoxy) is 2. The van der Waals surface area contributed by atoms with E-state index in [1.807, 2.05) is 12.3 Å². The van der Waals surface area contributed by atoms with Gasteiger partial charge in [0.1, 0.15) is 11.6 Å². The van der Waals surface area contributed by atoms with Crippen molar-refractivity contribution in [3.63, 3.8) is 0 Å². The Hall–Kier alpha value is -4.39. The number of hydrogen-bond donors (Lipinski definition) is 0. The molecule has 10 heteroatoms. The lowest BCUT2D eigenvalue weighted by Crippen LogP contribution is -2.52. The van der Waals surface area contributed by atoms with Crippen molar-refractivity contribution in [2.45, 2.75) is 25.9 Å². The topological polar surface area (TPSA) is 101 Å². The molecule has 34 heavy (non-hydrogen) atoms. The second-order valence-corrected chi connectivity index (χ2v) is 7.73. The number of aryl methyl sites for hydroxylation is 1. The zero-order valence-corrected chi connectivity index (χ0v) is 18.6. The maximum atomic E-state index is 13.2. The van der Waals surface area contributed by atoms with Crippen molar-refractivity contribution < 1.29 is 23.5 Å². The van der Waals surface area contributed by atoms with Crippen LogP contribution in [0.25, 0.3) is 11.1 Å². The third kappa shape index (κ3) is 4.54. The molecule has 1 aliphatic heterocycles. The van der Waals surface area contributed by atoms with Gasteiger partial charge in [0.2, 0.25) is 0 Å². The van der Waals surface area contributed by atoms with Crippen LogP contribution in [0.15, 0.2) is 54.9 Å². The molecule has 0 spiro atoms. The van der Waals surface area contributed by atoms with E-state index >= 15 is 0 Å². The molecule has 0 fully saturated rings. The molecule has 2 aromatic carbocycles. The lowest BCUT2D eigenvalue weighted by Gasteiger charge is -2.39. The lowest BCUT2D eigenvalue weighted by molar-refractivity contribution is 0.175. The summed E-state index contributed by atoms with van der Waals surface area (Å²) >= 11 is 0. The van der Waals surface area contributed by atoms with E-state index in [0.29, 0.717) is 24.3 Å². The highest BCUT2D eigenvalue weighted by atomic mass is 19.1. The van der Waals surface area contributed by atoms with E-state index in [1.165, 1.54) is 41.2 Å². The van der Waals surface area contributed by atoms with E-state index < -0.39 is 18.0 Å². The number of methoxy groups -OCH3 is 1. The molecule has 0 N–H and O–H groups in total. The standard InChI is InChI=1S/C24H22FN5O4/c1-16-14-29(23(31)34-20-7-5-19(25)6-8-20)22-12-17(4-9-21(22)30(16)24(32)33-2)18-13-27-28(15-18)11-3-10-26/h4-9,12-13,15-16H,3,11,14H2,1-2H3/t16-/m0/s1. The Bertz CT molecular complexity index is 1250. The van der Waals surface area contributed by atoms with Crippen molar-refractivity contribution in [3.05, 3.63) is 60.7 Å². The van der Waals surface area contributed by atoms with Gasteiger partial charge in [-0.3, -0.25) is 14.5 Å². The zero-order valence-electron chi connectivity index (χ0n) is 18.6. The number of fused-ring (bicyclic) bond motifs is 1. The quantitative estimate of drug-likeness (QED) is 0.561. The number of carbonyl (C=O) groups is 2. The van der Waals surface area contributed by atoms with Crippen LogP contribution < -0.4 is 14.5 Å². The van der Waals surface area contributed by atoms with Gasteiger partial charge in [0, 0.05) is 11.8 Å². The Morgan fingerprint density at radius 2 is 1.91 bits per heavy atom. The van der Waals surface area contributed by atoms with Crippen molar-refractivity contribution in [1.29, 1.82) is 5.26 Å². The van der Waals surface area contributed by atoms with E-state index in [4.69, 9.17) is 14.7 Å². The molecular weight excluding hydrogens is 441 g/mol. The van der Waals surface area contributed by atoms with Gasteiger partial charge in [-0.05, 0) is 48.9 Å². The van der Waals surface area contributed by atoms with Gasteiger partial charge in [-0.2, -0.15) is 10.4 Å². The fraction of sp³-hybridized carbons (Fsp3) is 0.250. The maximum Gasteiger partial charge on any atom is 0.419 e. The number of carbonyl (C=O) groups excluding carboxylic acids is 2. The smallest absolute Gasteiger partial charge is 0.419 e. The monoisotopic (exact) mass is 463 g/mol. The molecule has 0 aliphatic carbocycles. The van der Waals surface area contributed by atoms with Gasteiger partial charge in [0.25, 0.3) is 0 Å². The molecule has 0 saturated carbocycles. The first-order chi connectivity index (χ1) is 16.4. The van der Waals surface area contributed by atoms with Gasteiger partial charge >= 0.3 is 12.2 Å². The van der Waals surface area contributed by atoms with Crippen LogP contribution >= 0.6 is 0 Å². The molecular formula is C24H22FN5O4. The van der Waals surface area contributed by atoms with E-state index in [1.54, 1.807) is 29.9 Å². The van der Waals surface area contributed by atoms with Crippen LogP contribution in [0.3, 0.4) is 0 Å². The van der Waals surface area contributed by atoms with Crippen LogP contribution in [0, 0.1) is 17.1 Å². The normalized spacial score (nSPS) is 14.8. The number of aromatic nitrogens is 2. The van der Waals surface area contributed by atoms with Gasteiger partial charge in [-0.25, -0.2) is 14.0 Å². The summed E-state index contributed by atoms with van der Waals surface area (Å²) in [7, 11) is 1.30. The molecule has 3 aromatic rings. The summed E-state index contributed by atoms with van der Waals surface area (Å²) in [6.45, 7) is 2.42. The fourth-order valence-corrected chi connectivity index (χ4v) is 3.81. The fourth-order valence-electron chi connectivity index (χ4n) is 3.81. The molecule has 0 bridgehead atoms. The van der Waals surface area contributed by atoms with Crippen molar-refractivity contribution >= 4 is 23.6 Å². The van der Waals surface area contributed by atoms with Gasteiger partial charge < -0.3 is 9.47 Å². The van der Waals surface area contributed by atoms with E-state index in [9.17, 15) is 14.0 Å². The highest BCUT2D eigenvalue weighted by molar-refractivity contribution is 6.02. The predicted molar refractivity (Wildman–Crippen MR) is 122 cm³/mol. The Kier molecular flexibility index (Phi) is 6.45. The van der Waals surface area contributed by atoms with E-state index in [2.05, 4.69) is 11.2 Å². The molecule has 1 aliphatic rings. The zero-order chi connectivity index (χ0) is 24.2. The Labute approximate surface area is 195 Å². The number of hydrogen-bond acceptors (Lipinski definition) is 6. The number of benzene rings is 2. The van der Waals surface area contributed by atoms with Crippen molar-refractivity contribution in [3.8, 4) is 22.9 Å². The maximum absolute atomic E-state index is 13.2. The van der Waals surface area contributed by atoms with Gasteiger partial charge in [-0.15, -0.1) is 0 Å². The highest BCUT2D eigenvalue weighted by Gasteiger charge is 2.36. The second-order valence-electron chi connectivity index (χ2n) is 7.73. The summed E-state index contributed by atoms with van der Waals surface area (Å²) in [5.74, 6) is -0.239. The summed E-state index contributed by atoms with van der Waals surface area (Å²) in [6.07, 6.45) is 2.61. The molecule has 0 radical (unpaired) electrons. The molecule has 174 valence electrons. The second kappa shape index (κ2) is 9.62. The minimum absolute atomic E-state index is 0.160. The van der Waals surface area contributed by atoms with Crippen LogP contribution in [-0.2, 0) is 11.3 Å². The first-order valence-electron chi connectivity index (χ1n) is 10.6. The van der Waals surface area contributed by atoms with Crippen LogP contribution in [-0.4, -0.2) is 41.7 Å². The number of nitriles is 1. The third-order valence-corrected chi connectivity index (χ3v) is 5.44. The minimum Gasteiger partial charge on any atom is -0.452 e. The Morgan fingerprint density at radius 3 is 2.62 bits per heavy atom. The molecule has 0 unspecified atom stereocenters. The highest BCUT2D eigenvalue weighted by Crippen LogP contribution is 2.39. The first-order valence-corrected chi connectivity index (χ1v) is 10.6. The molecule has 1 aromatic heterocycles. The molecule has 2 heterocycles. The van der Waals surface area contributed by atoms with Gasteiger partial charge in [0.15, 0.2) is 0 Å². The van der Waals surface area contributed by atoms with Crippen molar-refractivity contribution in [1.82, 2.24) is 9.78 Å².